The molecule has 2 aliphatic rings. The normalized spacial score (nSPS) is 21.2. The van der Waals surface area contributed by atoms with Crippen molar-refractivity contribution in [3.8, 4) is 0 Å². The van der Waals surface area contributed by atoms with Gasteiger partial charge in [-0.15, -0.1) is 0 Å². The molecule has 4 rings (SSSR count). The van der Waals surface area contributed by atoms with E-state index < -0.39 is 0 Å². The molecule has 2 aromatic rings. The molecule has 0 aliphatic carbocycles. The van der Waals surface area contributed by atoms with Crippen LogP contribution in [0.1, 0.15) is 43.0 Å². The number of pyridine rings is 1. The molecule has 2 aliphatic heterocycles. The minimum absolute atomic E-state index is 0.0441. The molecule has 29 heavy (non-hydrogen) atoms. The molecule has 4 heterocycles. The van der Waals surface area contributed by atoms with E-state index in [1.54, 1.807) is 30.7 Å². The lowest BCUT2D eigenvalue weighted by atomic mass is 9.96. The maximum absolute atomic E-state index is 13.0. The standard InChI is InChI=1S/C21H21N3O3S2/c25-19(23-10-2-1-7-17(23)15-5-3-9-22-14-15)8-11-24-20(26)18(29-21(24)28)13-16-6-4-12-27-16/h3-6,9,12-14,17H,1-2,7-8,10-11H2. The van der Waals surface area contributed by atoms with Gasteiger partial charge < -0.3 is 9.32 Å². The topological polar surface area (TPSA) is 66.7 Å². The van der Waals surface area contributed by atoms with E-state index >= 15 is 0 Å². The molecule has 8 heteroatoms. The lowest BCUT2D eigenvalue weighted by Gasteiger charge is -2.36. The zero-order valence-corrected chi connectivity index (χ0v) is 17.5. The van der Waals surface area contributed by atoms with Crippen molar-refractivity contribution in [3.63, 3.8) is 0 Å². The van der Waals surface area contributed by atoms with Gasteiger partial charge in [0.1, 0.15) is 10.1 Å². The Morgan fingerprint density at radius 2 is 2.24 bits per heavy atom. The Morgan fingerprint density at radius 1 is 1.34 bits per heavy atom. The summed E-state index contributed by atoms with van der Waals surface area (Å²) in [6.45, 7) is 1.02. The van der Waals surface area contributed by atoms with E-state index in [0.29, 0.717) is 15.0 Å². The Morgan fingerprint density at radius 3 is 3.00 bits per heavy atom. The number of rotatable bonds is 5. The third-order valence-electron chi connectivity index (χ3n) is 5.13. The highest BCUT2D eigenvalue weighted by Crippen LogP contribution is 2.34. The molecule has 2 fully saturated rings. The predicted molar refractivity (Wildman–Crippen MR) is 116 cm³/mol. The van der Waals surface area contributed by atoms with Gasteiger partial charge >= 0.3 is 0 Å². The summed E-state index contributed by atoms with van der Waals surface area (Å²) in [5.41, 5.74) is 1.06. The molecule has 0 N–H and O–H groups in total. The Kier molecular flexibility index (Phi) is 6.10. The molecule has 1 atom stereocenters. The van der Waals surface area contributed by atoms with Crippen molar-refractivity contribution in [1.29, 1.82) is 0 Å². The molecule has 1 unspecified atom stereocenters. The van der Waals surface area contributed by atoms with Crippen LogP contribution in [0.5, 0.6) is 0 Å². The van der Waals surface area contributed by atoms with Crippen molar-refractivity contribution in [2.24, 2.45) is 0 Å². The van der Waals surface area contributed by atoms with Gasteiger partial charge in [-0.1, -0.05) is 30.0 Å². The van der Waals surface area contributed by atoms with E-state index in [1.165, 1.54) is 16.7 Å². The second kappa shape index (κ2) is 8.92. The summed E-state index contributed by atoms with van der Waals surface area (Å²) in [4.78, 5) is 33.8. The largest absolute Gasteiger partial charge is 0.465 e. The fourth-order valence-corrected chi connectivity index (χ4v) is 4.98. The summed E-state index contributed by atoms with van der Waals surface area (Å²) in [6, 6.07) is 7.52. The van der Waals surface area contributed by atoms with Gasteiger partial charge in [0, 0.05) is 38.0 Å². The lowest BCUT2D eigenvalue weighted by Crippen LogP contribution is -2.40. The van der Waals surface area contributed by atoms with Gasteiger partial charge in [-0.3, -0.25) is 19.5 Å². The Balaban J connectivity index is 1.41. The van der Waals surface area contributed by atoms with Crippen molar-refractivity contribution in [2.45, 2.75) is 31.7 Å². The molecule has 2 amide bonds. The number of hydrogen-bond acceptors (Lipinski definition) is 6. The molecule has 0 bridgehead atoms. The third-order valence-corrected chi connectivity index (χ3v) is 6.51. The van der Waals surface area contributed by atoms with Crippen LogP contribution in [-0.2, 0) is 9.59 Å². The van der Waals surface area contributed by atoms with Gasteiger partial charge in [0.25, 0.3) is 5.91 Å². The number of aromatic nitrogens is 1. The quantitative estimate of drug-likeness (QED) is 0.530. The van der Waals surface area contributed by atoms with E-state index in [4.69, 9.17) is 16.6 Å². The maximum Gasteiger partial charge on any atom is 0.266 e. The zero-order valence-electron chi connectivity index (χ0n) is 15.8. The number of nitrogens with zero attached hydrogens (tertiary/aromatic N) is 3. The smallest absolute Gasteiger partial charge is 0.266 e. The highest BCUT2D eigenvalue weighted by molar-refractivity contribution is 8.26. The second-order valence-corrected chi connectivity index (χ2v) is 8.66. The van der Waals surface area contributed by atoms with Gasteiger partial charge in [-0.25, -0.2) is 0 Å². The van der Waals surface area contributed by atoms with Crippen molar-refractivity contribution in [2.75, 3.05) is 13.1 Å². The summed E-state index contributed by atoms with van der Waals surface area (Å²) in [5.74, 6) is 0.475. The fourth-order valence-electron chi connectivity index (χ4n) is 3.70. The molecule has 2 saturated heterocycles. The predicted octanol–water partition coefficient (Wildman–Crippen LogP) is 4.02. The van der Waals surface area contributed by atoms with Gasteiger partial charge in [0.05, 0.1) is 17.2 Å². The second-order valence-electron chi connectivity index (χ2n) is 6.98. The van der Waals surface area contributed by atoms with E-state index in [1.807, 2.05) is 23.2 Å². The Labute approximate surface area is 179 Å². The summed E-state index contributed by atoms with van der Waals surface area (Å²) < 4.78 is 5.75. The van der Waals surface area contributed by atoms with Crippen LogP contribution in [0.25, 0.3) is 6.08 Å². The zero-order chi connectivity index (χ0) is 20.2. The van der Waals surface area contributed by atoms with Crippen LogP contribution in [0, 0.1) is 0 Å². The monoisotopic (exact) mass is 427 g/mol. The van der Waals surface area contributed by atoms with Crippen molar-refractivity contribution >= 4 is 46.2 Å². The molecular weight excluding hydrogens is 406 g/mol. The lowest BCUT2D eigenvalue weighted by molar-refractivity contribution is -0.135. The summed E-state index contributed by atoms with van der Waals surface area (Å²) in [5, 5.41) is 0. The number of furan rings is 1. The number of hydrogen-bond donors (Lipinski definition) is 0. The molecule has 0 radical (unpaired) electrons. The molecule has 0 saturated carbocycles. The number of thiocarbonyl (C=S) groups is 1. The van der Waals surface area contributed by atoms with E-state index in [9.17, 15) is 9.59 Å². The first-order valence-electron chi connectivity index (χ1n) is 9.62. The summed E-state index contributed by atoms with van der Waals surface area (Å²) in [6.07, 6.45) is 10.1. The van der Waals surface area contributed by atoms with Crippen LogP contribution in [-0.4, -0.2) is 44.0 Å². The molecule has 0 spiro atoms. The van der Waals surface area contributed by atoms with Crippen molar-refractivity contribution < 1.29 is 14.0 Å². The van der Waals surface area contributed by atoms with Crippen LogP contribution in [0.15, 0.2) is 52.2 Å². The SMILES string of the molecule is O=C1C(=Cc2ccco2)SC(=S)N1CCC(=O)N1CCCCC1c1cccnc1. The van der Waals surface area contributed by atoms with Crippen LogP contribution < -0.4 is 0 Å². The highest BCUT2D eigenvalue weighted by Gasteiger charge is 2.34. The molecular formula is C21H21N3O3S2. The van der Waals surface area contributed by atoms with Crippen molar-refractivity contribution in [1.82, 2.24) is 14.8 Å². The van der Waals surface area contributed by atoms with Crippen molar-refractivity contribution in [3.05, 3.63) is 59.2 Å². The third kappa shape index (κ3) is 4.43. The van der Waals surface area contributed by atoms with Crippen LogP contribution in [0.2, 0.25) is 0 Å². The number of amides is 2. The van der Waals surface area contributed by atoms with Gasteiger partial charge in [0.2, 0.25) is 5.91 Å². The minimum Gasteiger partial charge on any atom is -0.465 e. The maximum atomic E-state index is 13.0. The van der Waals surface area contributed by atoms with E-state index in [2.05, 4.69) is 4.98 Å². The number of carbonyl (C=O) groups excluding carboxylic acids is 2. The van der Waals surface area contributed by atoms with Gasteiger partial charge in [0.15, 0.2) is 0 Å². The molecule has 0 aromatic carbocycles. The van der Waals surface area contributed by atoms with Crippen LogP contribution in [0.4, 0.5) is 0 Å². The Bertz CT molecular complexity index is 928. The van der Waals surface area contributed by atoms with Gasteiger partial charge in [-0.05, 0) is 43.0 Å². The number of thioether (sulfide) groups is 1. The summed E-state index contributed by atoms with van der Waals surface area (Å²) in [7, 11) is 0. The van der Waals surface area contributed by atoms with Crippen LogP contribution >= 0.6 is 24.0 Å². The molecule has 2 aromatic heterocycles. The number of carbonyl (C=O) groups is 2. The minimum atomic E-state index is -0.174. The van der Waals surface area contributed by atoms with E-state index in [0.717, 1.165) is 31.4 Å². The summed E-state index contributed by atoms with van der Waals surface area (Å²) >= 11 is 6.60. The van der Waals surface area contributed by atoms with Crippen LogP contribution in [0.3, 0.4) is 0 Å². The average Bonchev–Trinajstić information content (AvgIpc) is 3.35. The first-order chi connectivity index (χ1) is 14.1. The first-order valence-corrected chi connectivity index (χ1v) is 10.8. The first kappa shape index (κ1) is 19.8. The Hall–Kier alpha value is -2.45. The fraction of sp³-hybridized carbons (Fsp3) is 0.333. The van der Waals surface area contributed by atoms with Gasteiger partial charge in [-0.2, -0.15) is 0 Å². The molecule has 150 valence electrons. The van der Waals surface area contributed by atoms with E-state index in [-0.39, 0.29) is 30.8 Å². The highest BCUT2D eigenvalue weighted by atomic mass is 32.2. The number of piperidine rings is 1. The molecule has 6 nitrogen and oxygen atoms in total. The number of likely N-dealkylation sites (tertiary alicyclic amines) is 1. The average molecular weight is 428 g/mol.